The first kappa shape index (κ1) is 12.8. The summed E-state index contributed by atoms with van der Waals surface area (Å²) in [6, 6.07) is 1.77. The number of nitrogens with one attached hydrogen (secondary N) is 1. The molecule has 0 fully saturated rings. The van der Waals surface area contributed by atoms with Crippen LogP contribution in [0.4, 0.5) is 0 Å². The minimum Gasteiger partial charge on any atom is -0.463 e. The molecule has 0 spiro atoms. The number of nitrogens with zero attached hydrogens (tertiary/aromatic N) is 1. The quantitative estimate of drug-likeness (QED) is 0.638. The van der Waals surface area contributed by atoms with E-state index in [0.717, 1.165) is 24.2 Å². The minimum atomic E-state index is -0.448. The second kappa shape index (κ2) is 6.32. The fraction of sp³-hybridized carbons (Fsp3) is 0.333. The van der Waals surface area contributed by atoms with Gasteiger partial charge in [0, 0.05) is 30.5 Å². The maximum Gasteiger partial charge on any atom is 0.374 e. The van der Waals surface area contributed by atoms with Gasteiger partial charge in [0.25, 0.3) is 0 Å². The first-order valence-electron chi connectivity index (χ1n) is 5.53. The predicted octanol–water partition coefficient (Wildman–Crippen LogP) is 1.85. The molecule has 0 unspecified atom stereocenters. The maximum absolute atomic E-state index is 11.4. The molecular formula is C12H14N2O3S. The molecule has 96 valence electrons. The molecule has 6 heteroatoms. The lowest BCUT2D eigenvalue weighted by atomic mass is 10.2. The van der Waals surface area contributed by atoms with Crippen LogP contribution in [0, 0.1) is 0 Å². The number of hydrogen-bond acceptors (Lipinski definition) is 6. The average molecular weight is 266 g/mol. The highest BCUT2D eigenvalue weighted by Gasteiger charge is 2.14. The molecule has 2 aromatic rings. The number of aromatic nitrogens is 1. The molecule has 0 radical (unpaired) electrons. The van der Waals surface area contributed by atoms with E-state index in [9.17, 15) is 4.79 Å². The van der Waals surface area contributed by atoms with Crippen molar-refractivity contribution in [3.8, 4) is 0 Å². The molecule has 0 aliphatic rings. The van der Waals surface area contributed by atoms with E-state index in [2.05, 4.69) is 15.0 Å². The van der Waals surface area contributed by atoms with E-state index in [1.807, 2.05) is 10.9 Å². The molecule has 18 heavy (non-hydrogen) atoms. The van der Waals surface area contributed by atoms with Crippen LogP contribution in [0.2, 0.25) is 0 Å². The Hall–Kier alpha value is -1.66. The highest BCUT2D eigenvalue weighted by Crippen LogP contribution is 2.11. The number of furan rings is 1. The molecule has 0 bridgehead atoms. The van der Waals surface area contributed by atoms with Crippen molar-refractivity contribution in [2.24, 2.45) is 0 Å². The van der Waals surface area contributed by atoms with E-state index >= 15 is 0 Å². The Balaban J connectivity index is 1.80. The molecule has 1 N–H and O–H groups in total. The number of hydrogen-bond donors (Lipinski definition) is 1. The van der Waals surface area contributed by atoms with Crippen LogP contribution in [0.1, 0.15) is 21.8 Å². The third kappa shape index (κ3) is 3.18. The van der Waals surface area contributed by atoms with Crippen LogP contribution < -0.4 is 5.32 Å². The van der Waals surface area contributed by atoms with Crippen molar-refractivity contribution in [2.75, 3.05) is 13.7 Å². The van der Waals surface area contributed by atoms with E-state index in [-0.39, 0.29) is 5.76 Å². The van der Waals surface area contributed by atoms with Crippen LogP contribution in [0.5, 0.6) is 0 Å². The number of ether oxygens (including phenoxy) is 1. The molecule has 5 nitrogen and oxygen atoms in total. The van der Waals surface area contributed by atoms with Crippen LogP contribution >= 0.6 is 11.3 Å². The molecule has 0 aliphatic heterocycles. The van der Waals surface area contributed by atoms with Crippen LogP contribution in [-0.2, 0) is 17.7 Å². The molecule has 0 amide bonds. The monoisotopic (exact) mass is 266 g/mol. The number of carbonyl (C=O) groups excluding carboxylic acids is 1. The van der Waals surface area contributed by atoms with Crippen molar-refractivity contribution in [3.05, 3.63) is 40.2 Å². The van der Waals surface area contributed by atoms with Crippen LogP contribution in [0.25, 0.3) is 0 Å². The summed E-state index contributed by atoms with van der Waals surface area (Å²) in [6.45, 7) is 1.38. The van der Waals surface area contributed by atoms with E-state index in [0.29, 0.717) is 6.54 Å². The lowest BCUT2D eigenvalue weighted by Crippen LogP contribution is -2.18. The van der Waals surface area contributed by atoms with Gasteiger partial charge in [-0.2, -0.15) is 0 Å². The van der Waals surface area contributed by atoms with Crippen molar-refractivity contribution in [2.45, 2.75) is 13.0 Å². The molecular weight excluding hydrogens is 252 g/mol. The summed E-state index contributed by atoms with van der Waals surface area (Å²) >= 11 is 1.59. The molecule has 0 aliphatic carbocycles. The lowest BCUT2D eigenvalue weighted by Gasteiger charge is -2.03. The Morgan fingerprint density at radius 2 is 2.50 bits per heavy atom. The topological polar surface area (TPSA) is 64.4 Å². The predicted molar refractivity (Wildman–Crippen MR) is 67.6 cm³/mol. The fourth-order valence-electron chi connectivity index (χ4n) is 1.55. The second-order valence-corrected chi connectivity index (χ2v) is 4.39. The standard InChI is InChI=1S/C12H14N2O3S/c1-16-12(15)11-9(3-5-17-11)6-13-4-2-10-7-18-8-14-10/h3,5,7-8,13H,2,4,6H2,1H3. The Kier molecular flexibility index (Phi) is 4.49. The SMILES string of the molecule is COC(=O)c1occc1CNCCc1cscn1. The third-order valence-corrected chi connectivity index (χ3v) is 3.11. The van der Waals surface area contributed by atoms with Gasteiger partial charge in [0.1, 0.15) is 0 Å². The van der Waals surface area contributed by atoms with Crippen LogP contribution in [0.15, 0.2) is 27.6 Å². The van der Waals surface area contributed by atoms with Gasteiger partial charge in [-0.25, -0.2) is 9.78 Å². The smallest absolute Gasteiger partial charge is 0.374 e. The summed E-state index contributed by atoms with van der Waals surface area (Å²) in [4.78, 5) is 15.6. The molecule has 0 atom stereocenters. The molecule has 2 heterocycles. The van der Waals surface area contributed by atoms with Crippen LogP contribution in [0.3, 0.4) is 0 Å². The van der Waals surface area contributed by atoms with E-state index in [1.54, 1.807) is 17.4 Å². The van der Waals surface area contributed by atoms with Gasteiger partial charge in [0.2, 0.25) is 5.76 Å². The van der Waals surface area contributed by atoms with E-state index in [4.69, 9.17) is 4.42 Å². The third-order valence-electron chi connectivity index (χ3n) is 2.47. The van der Waals surface area contributed by atoms with Gasteiger partial charge in [-0.3, -0.25) is 0 Å². The highest BCUT2D eigenvalue weighted by molar-refractivity contribution is 7.07. The summed E-state index contributed by atoms with van der Waals surface area (Å²) in [5, 5.41) is 5.27. The maximum atomic E-state index is 11.4. The zero-order valence-electron chi connectivity index (χ0n) is 10.0. The molecule has 2 aromatic heterocycles. The van der Waals surface area contributed by atoms with Gasteiger partial charge < -0.3 is 14.5 Å². The number of esters is 1. The minimum absolute atomic E-state index is 0.263. The van der Waals surface area contributed by atoms with Crippen LogP contribution in [-0.4, -0.2) is 24.6 Å². The average Bonchev–Trinajstić information content (AvgIpc) is 3.04. The Morgan fingerprint density at radius 3 is 3.22 bits per heavy atom. The number of rotatable bonds is 6. The van der Waals surface area contributed by atoms with Gasteiger partial charge in [0.05, 0.1) is 24.6 Å². The summed E-state index contributed by atoms with van der Waals surface area (Å²) in [5.74, 6) is -0.185. The molecule has 0 saturated carbocycles. The van der Waals surface area contributed by atoms with Gasteiger partial charge >= 0.3 is 5.97 Å². The molecule has 2 rings (SSSR count). The number of thiazole rings is 1. The summed E-state index contributed by atoms with van der Waals surface area (Å²) < 4.78 is 9.73. The van der Waals surface area contributed by atoms with Crippen molar-refractivity contribution in [1.82, 2.24) is 10.3 Å². The normalized spacial score (nSPS) is 10.5. The van der Waals surface area contributed by atoms with Gasteiger partial charge in [-0.15, -0.1) is 11.3 Å². The highest BCUT2D eigenvalue weighted by atomic mass is 32.1. The van der Waals surface area contributed by atoms with Gasteiger partial charge in [-0.05, 0) is 6.07 Å². The summed E-state index contributed by atoms with van der Waals surface area (Å²) in [5.41, 5.74) is 3.70. The fourth-order valence-corrected chi connectivity index (χ4v) is 2.14. The van der Waals surface area contributed by atoms with Crippen molar-refractivity contribution < 1.29 is 13.9 Å². The van der Waals surface area contributed by atoms with E-state index in [1.165, 1.54) is 13.4 Å². The molecule has 0 saturated heterocycles. The zero-order valence-corrected chi connectivity index (χ0v) is 10.8. The van der Waals surface area contributed by atoms with Crippen molar-refractivity contribution in [1.29, 1.82) is 0 Å². The zero-order chi connectivity index (χ0) is 12.8. The summed E-state index contributed by atoms with van der Waals surface area (Å²) in [7, 11) is 1.34. The first-order chi connectivity index (χ1) is 8.81. The Labute approximate surface area is 109 Å². The van der Waals surface area contributed by atoms with Crippen molar-refractivity contribution in [3.63, 3.8) is 0 Å². The Bertz CT molecular complexity index is 493. The summed E-state index contributed by atoms with van der Waals surface area (Å²) in [6.07, 6.45) is 2.36. The lowest BCUT2D eigenvalue weighted by molar-refractivity contribution is 0.0563. The number of methoxy groups -OCH3 is 1. The van der Waals surface area contributed by atoms with E-state index < -0.39 is 5.97 Å². The number of carbonyl (C=O) groups is 1. The molecule has 0 aromatic carbocycles. The van der Waals surface area contributed by atoms with Gasteiger partial charge in [0.15, 0.2) is 0 Å². The van der Waals surface area contributed by atoms with Gasteiger partial charge in [-0.1, -0.05) is 0 Å². The van der Waals surface area contributed by atoms with Crippen molar-refractivity contribution >= 4 is 17.3 Å². The Morgan fingerprint density at radius 1 is 1.61 bits per heavy atom. The largest absolute Gasteiger partial charge is 0.463 e. The first-order valence-corrected chi connectivity index (χ1v) is 6.48. The second-order valence-electron chi connectivity index (χ2n) is 3.67.